The molecule has 0 aliphatic rings. The second-order valence-electron chi connectivity index (χ2n) is 18.5. The number of carbonyl (C=O) groups excluding carboxylic acids is 4. The van der Waals surface area contributed by atoms with E-state index in [4.69, 9.17) is 18.9 Å². The zero-order valence-electron chi connectivity index (χ0n) is 41.7. The van der Waals surface area contributed by atoms with Crippen LogP contribution in [0.25, 0.3) is 0 Å². The molecule has 0 heterocycles. The van der Waals surface area contributed by atoms with Gasteiger partial charge in [0.25, 0.3) is 0 Å². The molecule has 0 aliphatic heterocycles. The second kappa shape index (κ2) is 40.8. The summed E-state index contributed by atoms with van der Waals surface area (Å²) < 4.78 is 21.4. The van der Waals surface area contributed by atoms with Crippen LogP contribution in [-0.2, 0) is 18.9 Å². The van der Waals surface area contributed by atoms with Gasteiger partial charge in [-0.15, -0.1) is 0 Å². The van der Waals surface area contributed by atoms with Crippen LogP contribution in [0.15, 0.2) is 48.5 Å². The number of hydrogen-bond donors (Lipinski definition) is 0. The molecule has 0 aliphatic carbocycles. The maximum Gasteiger partial charge on any atom is 0.338 e. The Hall–Kier alpha value is -3.68. The van der Waals surface area contributed by atoms with E-state index in [0.29, 0.717) is 48.7 Å². The number of benzene rings is 2. The molecule has 364 valence electrons. The molecule has 0 saturated heterocycles. The Morgan fingerprint density at radius 2 is 0.500 bits per heavy atom. The van der Waals surface area contributed by atoms with Crippen LogP contribution >= 0.6 is 0 Å². The molecular formula is C56H92O8. The summed E-state index contributed by atoms with van der Waals surface area (Å²) in [5, 5.41) is 0. The summed E-state index contributed by atoms with van der Waals surface area (Å²) in [4.78, 5) is 48.6. The predicted molar refractivity (Wildman–Crippen MR) is 264 cm³/mol. The van der Waals surface area contributed by atoms with Gasteiger partial charge < -0.3 is 18.9 Å². The van der Waals surface area contributed by atoms with Crippen molar-refractivity contribution in [2.24, 2.45) is 11.8 Å². The Morgan fingerprint density at radius 1 is 0.312 bits per heavy atom. The molecule has 0 fully saturated rings. The minimum atomic E-state index is -0.331. The fraction of sp³-hybridized carbons (Fsp3) is 0.714. The molecule has 0 amide bonds. The fourth-order valence-electron chi connectivity index (χ4n) is 7.32. The number of unbranched alkanes of at least 4 members (excludes halogenated alkanes) is 22. The largest absolute Gasteiger partial charge is 0.462 e. The lowest BCUT2D eigenvalue weighted by Crippen LogP contribution is -2.09. The van der Waals surface area contributed by atoms with E-state index in [2.05, 4.69) is 41.5 Å². The fourth-order valence-corrected chi connectivity index (χ4v) is 7.32. The highest BCUT2D eigenvalue weighted by atomic mass is 16.5. The molecular weight excluding hydrogens is 801 g/mol. The number of esters is 4. The van der Waals surface area contributed by atoms with Gasteiger partial charge in [-0.25, -0.2) is 19.2 Å². The number of carbonyl (C=O) groups is 4. The first kappa shape index (κ1) is 58.3. The van der Waals surface area contributed by atoms with E-state index >= 15 is 0 Å². The van der Waals surface area contributed by atoms with Crippen LogP contribution in [0.2, 0.25) is 0 Å². The highest BCUT2D eigenvalue weighted by molar-refractivity contribution is 5.94. The molecule has 8 heteroatoms. The molecule has 0 saturated carbocycles. The van der Waals surface area contributed by atoms with Gasteiger partial charge in [0, 0.05) is 0 Å². The molecule has 0 radical (unpaired) electrons. The molecule has 0 N–H and O–H groups in total. The average molecular weight is 893 g/mol. The molecule has 0 atom stereocenters. The van der Waals surface area contributed by atoms with E-state index in [1.807, 2.05) is 0 Å². The molecule has 0 unspecified atom stereocenters. The van der Waals surface area contributed by atoms with Crippen molar-refractivity contribution < 1.29 is 38.1 Å². The van der Waals surface area contributed by atoms with Crippen LogP contribution in [0.4, 0.5) is 0 Å². The first-order chi connectivity index (χ1) is 31.1. The maximum atomic E-state index is 12.2. The quantitative estimate of drug-likeness (QED) is 0.0373. The Labute approximate surface area is 391 Å². The van der Waals surface area contributed by atoms with E-state index in [1.165, 1.54) is 128 Å². The SMILES string of the molecule is CC(C)CCCCCCCOC(=O)c1ccc(C(=O)OCCCCCCCC(C)C)cc1.CCCCCCCCCCOC(=O)c1ccc(C(=O)OCCCCCCCCCC)cc1. The molecule has 2 rings (SSSR count). The standard InChI is InChI=1S/2C28H46O4/c1-23(2)15-11-7-5-9-13-21-31-27(29)25-17-19-26(20-18-25)28(30)32-22-14-10-6-8-12-16-24(3)4;1-3-5-7-9-11-13-15-17-23-31-27(29)25-19-21-26(22-20-25)28(30)32-24-18-16-14-12-10-8-6-4-2/h17-20,23-24H,5-16,21-22H2,1-4H3;19-22H,3-18,23-24H2,1-2H3. The van der Waals surface area contributed by atoms with Crippen LogP contribution < -0.4 is 0 Å². The van der Waals surface area contributed by atoms with Gasteiger partial charge in [0.05, 0.1) is 48.7 Å². The summed E-state index contributed by atoms with van der Waals surface area (Å²) in [6, 6.07) is 13.1. The zero-order valence-corrected chi connectivity index (χ0v) is 41.7. The molecule has 0 aromatic heterocycles. The van der Waals surface area contributed by atoms with Crippen LogP contribution in [0, 0.1) is 11.8 Å². The van der Waals surface area contributed by atoms with E-state index in [9.17, 15) is 19.2 Å². The van der Waals surface area contributed by atoms with Gasteiger partial charge in [0.2, 0.25) is 0 Å². The van der Waals surface area contributed by atoms with E-state index in [0.717, 1.165) is 63.2 Å². The van der Waals surface area contributed by atoms with Crippen molar-refractivity contribution in [3.63, 3.8) is 0 Å². The van der Waals surface area contributed by atoms with Gasteiger partial charge in [-0.2, -0.15) is 0 Å². The number of rotatable bonds is 38. The Morgan fingerprint density at radius 3 is 0.703 bits per heavy atom. The minimum Gasteiger partial charge on any atom is -0.462 e. The molecule has 2 aromatic rings. The van der Waals surface area contributed by atoms with Crippen molar-refractivity contribution in [3.05, 3.63) is 70.8 Å². The van der Waals surface area contributed by atoms with Crippen LogP contribution in [0.1, 0.15) is 263 Å². The lowest BCUT2D eigenvalue weighted by atomic mass is 10.0. The van der Waals surface area contributed by atoms with Gasteiger partial charge in [-0.05, 0) is 86.1 Å². The van der Waals surface area contributed by atoms with E-state index in [-0.39, 0.29) is 23.9 Å². The maximum absolute atomic E-state index is 12.2. The zero-order chi connectivity index (χ0) is 46.9. The van der Waals surface area contributed by atoms with Crippen LogP contribution in [0.5, 0.6) is 0 Å². The second-order valence-corrected chi connectivity index (χ2v) is 18.5. The van der Waals surface area contributed by atoms with Crippen molar-refractivity contribution >= 4 is 23.9 Å². The smallest absolute Gasteiger partial charge is 0.338 e. The Bertz CT molecular complexity index is 1320. The monoisotopic (exact) mass is 893 g/mol. The number of hydrogen-bond acceptors (Lipinski definition) is 8. The Kier molecular flexibility index (Phi) is 37.2. The van der Waals surface area contributed by atoms with Crippen molar-refractivity contribution in [2.75, 3.05) is 26.4 Å². The van der Waals surface area contributed by atoms with Gasteiger partial charge in [-0.1, -0.05) is 196 Å². The summed E-state index contributed by atoms with van der Waals surface area (Å²) in [7, 11) is 0. The highest BCUT2D eigenvalue weighted by Crippen LogP contribution is 2.15. The molecule has 64 heavy (non-hydrogen) atoms. The van der Waals surface area contributed by atoms with Crippen molar-refractivity contribution in [3.8, 4) is 0 Å². The summed E-state index contributed by atoms with van der Waals surface area (Å²) >= 11 is 0. The van der Waals surface area contributed by atoms with Crippen molar-refractivity contribution in [1.29, 1.82) is 0 Å². The number of ether oxygens (including phenoxy) is 4. The Balaban J connectivity index is 0.000000640. The molecule has 0 bridgehead atoms. The van der Waals surface area contributed by atoms with Gasteiger partial charge >= 0.3 is 23.9 Å². The van der Waals surface area contributed by atoms with E-state index in [1.54, 1.807) is 48.5 Å². The van der Waals surface area contributed by atoms with Crippen molar-refractivity contribution in [1.82, 2.24) is 0 Å². The summed E-state index contributed by atoms with van der Waals surface area (Å²) in [6.45, 7) is 15.3. The topological polar surface area (TPSA) is 105 Å². The normalized spacial score (nSPS) is 11.0. The van der Waals surface area contributed by atoms with Crippen LogP contribution in [-0.4, -0.2) is 50.3 Å². The third kappa shape index (κ3) is 32.9. The molecule has 8 nitrogen and oxygen atoms in total. The van der Waals surface area contributed by atoms with Gasteiger partial charge in [0.15, 0.2) is 0 Å². The summed E-state index contributed by atoms with van der Waals surface area (Å²) in [5.74, 6) is 0.236. The lowest BCUT2D eigenvalue weighted by molar-refractivity contribution is 0.0483. The highest BCUT2D eigenvalue weighted by Gasteiger charge is 2.13. The summed E-state index contributed by atoms with van der Waals surface area (Å²) in [6.07, 6.45) is 33.4. The van der Waals surface area contributed by atoms with Crippen LogP contribution in [0.3, 0.4) is 0 Å². The molecule has 2 aromatic carbocycles. The molecule has 0 spiro atoms. The van der Waals surface area contributed by atoms with Crippen molar-refractivity contribution in [2.45, 2.75) is 221 Å². The lowest BCUT2D eigenvalue weighted by Gasteiger charge is -2.07. The summed E-state index contributed by atoms with van der Waals surface area (Å²) in [5.41, 5.74) is 1.90. The van der Waals surface area contributed by atoms with Gasteiger partial charge in [0.1, 0.15) is 0 Å². The predicted octanol–water partition coefficient (Wildman–Crippen LogP) is 16.3. The van der Waals surface area contributed by atoms with E-state index < -0.39 is 0 Å². The third-order valence-electron chi connectivity index (χ3n) is 11.5. The first-order valence-electron chi connectivity index (χ1n) is 26.0. The van der Waals surface area contributed by atoms with Gasteiger partial charge in [-0.3, -0.25) is 0 Å². The average Bonchev–Trinajstić information content (AvgIpc) is 3.29. The third-order valence-corrected chi connectivity index (χ3v) is 11.5. The minimum absolute atomic E-state index is 0.327. The first-order valence-corrected chi connectivity index (χ1v) is 26.0.